The number of alkyl halides is 3. The van der Waals surface area contributed by atoms with Crippen LogP contribution >= 0.6 is 0 Å². The van der Waals surface area contributed by atoms with E-state index in [4.69, 9.17) is 4.74 Å². The lowest BCUT2D eigenvalue weighted by Gasteiger charge is -2.45. The Morgan fingerprint density at radius 1 is 0.829 bits per heavy atom. The topological polar surface area (TPSA) is 59.0 Å². The highest BCUT2D eigenvalue weighted by Gasteiger charge is 2.58. The summed E-state index contributed by atoms with van der Waals surface area (Å²) in [5.41, 5.74) is -1.62. The van der Waals surface area contributed by atoms with E-state index in [0.717, 1.165) is 29.2 Å². The van der Waals surface area contributed by atoms with Crippen LogP contribution in [0.2, 0.25) is 0 Å². The van der Waals surface area contributed by atoms with Crippen LogP contribution in [0.15, 0.2) is 77.8 Å². The molecule has 3 aromatic rings. The number of anilines is 1. The van der Waals surface area contributed by atoms with Crippen LogP contribution in [0.3, 0.4) is 0 Å². The van der Waals surface area contributed by atoms with Gasteiger partial charge in [-0.2, -0.15) is 13.2 Å². The summed E-state index contributed by atoms with van der Waals surface area (Å²) in [4.78, 5) is 33.4. The van der Waals surface area contributed by atoms with Gasteiger partial charge in [0, 0.05) is 22.1 Å². The van der Waals surface area contributed by atoms with Gasteiger partial charge in [0.15, 0.2) is 5.90 Å². The molecular formula is C27H21F3N2O3. The van der Waals surface area contributed by atoms with E-state index in [-0.39, 0.29) is 11.3 Å². The second-order valence-electron chi connectivity index (χ2n) is 9.50. The Morgan fingerprint density at radius 3 is 2.06 bits per heavy atom. The summed E-state index contributed by atoms with van der Waals surface area (Å²) in [5, 5.41) is 0. The number of nitrogens with zero attached hydrogens (tertiary/aromatic N) is 2. The largest absolute Gasteiger partial charge is 0.454 e. The summed E-state index contributed by atoms with van der Waals surface area (Å²) >= 11 is 0. The number of fused-ring (bicyclic) bond motifs is 4. The van der Waals surface area contributed by atoms with Crippen LogP contribution in [0, 0.1) is 5.41 Å². The summed E-state index contributed by atoms with van der Waals surface area (Å²) in [5.74, 6) is -1.05. The van der Waals surface area contributed by atoms with Gasteiger partial charge in [-0.05, 0) is 36.4 Å². The molecule has 0 N–H and O–H groups in total. The molecule has 0 aromatic heterocycles. The molecule has 0 fully saturated rings. The highest BCUT2D eigenvalue weighted by Crippen LogP contribution is 2.49. The third-order valence-corrected chi connectivity index (χ3v) is 6.09. The molecule has 0 saturated heterocycles. The van der Waals surface area contributed by atoms with Gasteiger partial charge in [-0.25, -0.2) is 9.89 Å². The van der Waals surface area contributed by atoms with Crippen LogP contribution in [-0.2, 0) is 21.3 Å². The Bertz CT molecular complexity index is 1390. The fourth-order valence-electron chi connectivity index (χ4n) is 4.38. The van der Waals surface area contributed by atoms with Gasteiger partial charge in [-0.15, -0.1) is 0 Å². The van der Waals surface area contributed by atoms with Gasteiger partial charge in [-0.1, -0.05) is 57.2 Å². The predicted molar refractivity (Wildman–Crippen MR) is 125 cm³/mol. The highest BCUT2D eigenvalue weighted by molar-refractivity contribution is 6.28. The van der Waals surface area contributed by atoms with Crippen molar-refractivity contribution in [2.45, 2.75) is 32.5 Å². The van der Waals surface area contributed by atoms with Gasteiger partial charge in [0.2, 0.25) is 5.60 Å². The van der Waals surface area contributed by atoms with Crippen LogP contribution in [0.25, 0.3) is 0 Å². The minimum atomic E-state index is -4.55. The summed E-state index contributed by atoms with van der Waals surface area (Å²) in [6, 6.07) is 17.6. The van der Waals surface area contributed by atoms with E-state index in [0.29, 0.717) is 22.7 Å². The first-order valence-electron chi connectivity index (χ1n) is 11.0. The average Bonchev–Trinajstić information content (AvgIpc) is 2.82. The molecule has 1 spiro atoms. The minimum Gasteiger partial charge on any atom is -0.454 e. The zero-order valence-corrected chi connectivity index (χ0v) is 19.2. The van der Waals surface area contributed by atoms with Crippen molar-refractivity contribution in [3.05, 3.63) is 95.1 Å². The second kappa shape index (κ2) is 7.53. The number of aliphatic imine (C=N–C) groups is 1. The predicted octanol–water partition coefficient (Wildman–Crippen LogP) is 6.24. The van der Waals surface area contributed by atoms with Crippen molar-refractivity contribution in [2.75, 3.05) is 4.90 Å². The summed E-state index contributed by atoms with van der Waals surface area (Å²) in [6.45, 7) is 5.68. The van der Waals surface area contributed by atoms with Crippen LogP contribution in [0.5, 0.6) is 0 Å². The number of amides is 2. The van der Waals surface area contributed by atoms with E-state index < -0.39 is 34.6 Å². The maximum atomic E-state index is 14.3. The van der Waals surface area contributed by atoms with Gasteiger partial charge in [-0.3, -0.25) is 9.59 Å². The number of ether oxygens (including phenoxy) is 1. The van der Waals surface area contributed by atoms with Gasteiger partial charge < -0.3 is 4.74 Å². The summed E-state index contributed by atoms with van der Waals surface area (Å²) in [7, 11) is 0. The van der Waals surface area contributed by atoms with E-state index in [9.17, 15) is 22.8 Å². The number of imide groups is 1. The monoisotopic (exact) mass is 478 g/mol. The molecule has 2 aliphatic heterocycles. The smallest absolute Gasteiger partial charge is 0.416 e. The fraction of sp³-hybridized carbons (Fsp3) is 0.222. The Morgan fingerprint density at radius 2 is 1.43 bits per heavy atom. The molecule has 5 nitrogen and oxygen atoms in total. The normalized spacial score (nSPS) is 19.7. The summed E-state index contributed by atoms with van der Waals surface area (Å²) in [6.07, 6.45) is -4.55. The molecule has 5 rings (SSSR count). The van der Waals surface area contributed by atoms with Gasteiger partial charge >= 0.3 is 6.18 Å². The van der Waals surface area contributed by atoms with E-state index in [2.05, 4.69) is 4.99 Å². The molecule has 2 amide bonds. The van der Waals surface area contributed by atoms with E-state index in [1.54, 1.807) is 48.5 Å². The number of benzene rings is 3. The Labute approximate surface area is 199 Å². The van der Waals surface area contributed by atoms with Crippen LogP contribution in [0.1, 0.15) is 47.8 Å². The van der Waals surface area contributed by atoms with Crippen molar-refractivity contribution < 1.29 is 27.5 Å². The molecule has 0 radical (unpaired) electrons. The number of carbonyl (C=O) groups excluding carboxylic acids is 2. The van der Waals surface area contributed by atoms with Crippen molar-refractivity contribution in [1.29, 1.82) is 0 Å². The fourth-order valence-corrected chi connectivity index (χ4v) is 4.38. The Hall–Kier alpha value is -3.94. The number of hydrogen-bond acceptors (Lipinski definition) is 4. The number of hydrogen-bond donors (Lipinski definition) is 0. The molecule has 2 aliphatic rings. The SMILES string of the molecule is CC(C)(C)C1=Nc2ccccc2C2(O1)C(=O)N(c1ccc(C(F)(F)F)cc1)C(=O)c1ccccc12. The number of rotatable bonds is 1. The molecule has 0 saturated carbocycles. The average molecular weight is 478 g/mol. The maximum absolute atomic E-state index is 14.3. The first kappa shape index (κ1) is 22.8. The number of carbonyl (C=O) groups is 2. The lowest BCUT2D eigenvalue weighted by atomic mass is 9.77. The molecular weight excluding hydrogens is 457 g/mol. The minimum absolute atomic E-state index is 0.0165. The number of para-hydroxylation sites is 1. The third kappa shape index (κ3) is 3.43. The molecule has 35 heavy (non-hydrogen) atoms. The number of halogens is 3. The van der Waals surface area contributed by atoms with Gasteiger partial charge in [0.1, 0.15) is 0 Å². The van der Waals surface area contributed by atoms with Crippen molar-refractivity contribution in [1.82, 2.24) is 0 Å². The quantitative estimate of drug-likeness (QED) is 0.389. The standard InChI is InChI=1S/C27H21F3N2O3/c1-25(2,3)23-31-21-11-7-6-10-20(21)26(35-23)19-9-5-4-8-18(19)22(33)32(24(26)34)17-14-12-16(13-15-17)27(28,29)30/h4-15H,1-3H3. The van der Waals surface area contributed by atoms with Crippen molar-refractivity contribution in [3.8, 4) is 0 Å². The molecule has 1 unspecified atom stereocenters. The van der Waals surface area contributed by atoms with Crippen LogP contribution in [0.4, 0.5) is 24.5 Å². The van der Waals surface area contributed by atoms with E-state index in [1.807, 2.05) is 20.8 Å². The zero-order valence-electron chi connectivity index (χ0n) is 19.2. The highest BCUT2D eigenvalue weighted by atomic mass is 19.4. The first-order valence-corrected chi connectivity index (χ1v) is 11.0. The van der Waals surface area contributed by atoms with E-state index in [1.165, 1.54) is 0 Å². The molecule has 178 valence electrons. The molecule has 1 atom stereocenters. The van der Waals surface area contributed by atoms with Crippen LogP contribution in [-0.4, -0.2) is 17.7 Å². The van der Waals surface area contributed by atoms with Gasteiger partial charge in [0.25, 0.3) is 11.8 Å². The third-order valence-electron chi connectivity index (χ3n) is 6.09. The molecule has 3 aromatic carbocycles. The lowest BCUT2D eigenvalue weighted by molar-refractivity contribution is -0.137. The van der Waals surface area contributed by atoms with Gasteiger partial charge in [0.05, 0.1) is 16.9 Å². The maximum Gasteiger partial charge on any atom is 0.416 e. The molecule has 0 aliphatic carbocycles. The molecule has 2 heterocycles. The Kier molecular flexibility index (Phi) is 4.91. The summed E-state index contributed by atoms with van der Waals surface area (Å²) < 4.78 is 45.9. The van der Waals surface area contributed by atoms with Crippen molar-refractivity contribution in [3.63, 3.8) is 0 Å². The zero-order chi connectivity index (χ0) is 25.2. The van der Waals surface area contributed by atoms with Crippen molar-refractivity contribution in [2.24, 2.45) is 10.4 Å². The molecule has 8 heteroatoms. The molecule has 0 bridgehead atoms. The lowest BCUT2D eigenvalue weighted by Crippen LogP contribution is -2.58. The van der Waals surface area contributed by atoms with Crippen molar-refractivity contribution >= 4 is 29.1 Å². The first-order chi connectivity index (χ1) is 16.4. The second-order valence-corrected chi connectivity index (χ2v) is 9.50. The van der Waals surface area contributed by atoms with Crippen LogP contribution < -0.4 is 4.90 Å². The van der Waals surface area contributed by atoms with E-state index >= 15 is 0 Å². The Balaban J connectivity index is 1.77.